The summed E-state index contributed by atoms with van der Waals surface area (Å²) in [4.78, 5) is 23.8. The van der Waals surface area contributed by atoms with Gasteiger partial charge in [-0.2, -0.15) is 0 Å². The fourth-order valence-electron chi connectivity index (χ4n) is 2.30. The second kappa shape index (κ2) is 5.81. The maximum atomic E-state index is 12.8. The molecule has 0 unspecified atom stereocenters. The molecule has 3 rings (SSSR count). The summed E-state index contributed by atoms with van der Waals surface area (Å²) in [7, 11) is 0. The average molecular weight is 363 g/mol. The maximum Gasteiger partial charge on any atom is 0.307 e. The molecule has 0 amide bonds. The Morgan fingerprint density at radius 2 is 1.77 bits per heavy atom. The highest BCUT2D eigenvalue weighted by atomic mass is 79.9. The lowest BCUT2D eigenvalue weighted by Gasteiger charge is -2.10. The summed E-state index contributed by atoms with van der Waals surface area (Å²) in [6, 6.07) is 10.1. The third-order valence-electron chi connectivity index (χ3n) is 3.30. The predicted molar refractivity (Wildman–Crippen MR) is 81.5 cm³/mol. The van der Waals surface area contributed by atoms with E-state index in [1.807, 2.05) is 0 Å². The highest BCUT2D eigenvalue weighted by Gasteiger charge is 2.23. The van der Waals surface area contributed by atoms with Crippen molar-refractivity contribution in [1.82, 2.24) is 0 Å². The van der Waals surface area contributed by atoms with Gasteiger partial charge in [-0.05, 0) is 29.8 Å². The first-order valence-corrected chi connectivity index (χ1v) is 7.29. The van der Waals surface area contributed by atoms with E-state index in [2.05, 4.69) is 15.9 Å². The number of carboxylic acid groups (broad SMARTS) is 1. The molecule has 0 fully saturated rings. The Balaban J connectivity index is 2.10. The molecule has 0 atom stereocenters. The van der Waals surface area contributed by atoms with Crippen LogP contribution in [0.3, 0.4) is 0 Å². The average Bonchev–Trinajstić information content (AvgIpc) is 2.93. The number of ketones is 1. The molecular weight excluding hydrogens is 352 g/mol. The van der Waals surface area contributed by atoms with Crippen molar-refractivity contribution in [3.63, 3.8) is 0 Å². The van der Waals surface area contributed by atoms with E-state index >= 15 is 0 Å². The molecule has 1 heterocycles. The molecule has 0 bridgehead atoms. The first kappa shape index (κ1) is 14.6. The monoisotopic (exact) mass is 362 g/mol. The molecular formula is C16H11BrO5. The van der Waals surface area contributed by atoms with E-state index in [4.69, 9.17) is 14.6 Å². The van der Waals surface area contributed by atoms with Crippen LogP contribution in [0.4, 0.5) is 0 Å². The van der Waals surface area contributed by atoms with Crippen LogP contribution in [0.5, 0.6) is 11.5 Å². The zero-order valence-corrected chi connectivity index (χ0v) is 12.9. The summed E-state index contributed by atoms with van der Waals surface area (Å²) in [6.45, 7) is 0.0640. The Hall–Kier alpha value is -2.34. The second-order valence-electron chi connectivity index (χ2n) is 4.74. The third kappa shape index (κ3) is 2.69. The Morgan fingerprint density at radius 1 is 1.09 bits per heavy atom. The lowest BCUT2D eigenvalue weighted by atomic mass is 9.96. The number of carboxylic acids is 1. The van der Waals surface area contributed by atoms with E-state index < -0.39 is 5.97 Å². The molecule has 0 radical (unpaired) electrons. The largest absolute Gasteiger partial charge is 0.481 e. The number of carbonyl (C=O) groups is 2. The van der Waals surface area contributed by atoms with E-state index in [0.717, 1.165) is 0 Å². The standard InChI is InChI=1S/C16H11BrO5/c17-12-4-2-1-3-10(12)16(20)11-7-14-13(21-8-22-14)5-9(11)6-15(18)19/h1-5,7H,6,8H2,(H,18,19). The number of ether oxygens (including phenoxy) is 2. The summed E-state index contributed by atoms with van der Waals surface area (Å²) >= 11 is 3.34. The summed E-state index contributed by atoms with van der Waals surface area (Å²) in [5.41, 5.74) is 1.17. The smallest absolute Gasteiger partial charge is 0.307 e. The Bertz CT molecular complexity index is 769. The van der Waals surface area contributed by atoms with E-state index in [1.165, 1.54) is 0 Å². The number of hydrogen-bond acceptors (Lipinski definition) is 4. The first-order valence-electron chi connectivity index (χ1n) is 6.50. The van der Waals surface area contributed by atoms with Crippen molar-refractivity contribution < 1.29 is 24.2 Å². The number of halogens is 1. The number of hydrogen-bond donors (Lipinski definition) is 1. The van der Waals surface area contributed by atoms with Crippen molar-refractivity contribution in [1.29, 1.82) is 0 Å². The topological polar surface area (TPSA) is 72.8 Å². The van der Waals surface area contributed by atoms with Crippen LogP contribution < -0.4 is 9.47 Å². The number of fused-ring (bicyclic) bond motifs is 1. The van der Waals surface area contributed by atoms with Crippen molar-refractivity contribution >= 4 is 27.7 Å². The van der Waals surface area contributed by atoms with Gasteiger partial charge in [-0.15, -0.1) is 0 Å². The van der Waals surface area contributed by atoms with Gasteiger partial charge in [-0.1, -0.05) is 28.1 Å². The lowest BCUT2D eigenvalue weighted by Crippen LogP contribution is -2.10. The number of benzene rings is 2. The molecule has 2 aromatic carbocycles. The molecule has 2 aromatic rings. The molecule has 0 aliphatic carbocycles. The summed E-state index contributed by atoms with van der Waals surface area (Å²) in [5.74, 6) is -0.369. The summed E-state index contributed by atoms with van der Waals surface area (Å²) < 4.78 is 11.2. The molecule has 0 aromatic heterocycles. The van der Waals surface area contributed by atoms with Crippen LogP contribution in [0.2, 0.25) is 0 Å². The Kier molecular flexibility index (Phi) is 3.85. The second-order valence-corrected chi connectivity index (χ2v) is 5.60. The van der Waals surface area contributed by atoms with Gasteiger partial charge in [0.25, 0.3) is 0 Å². The molecule has 1 aliphatic rings. The molecule has 5 nitrogen and oxygen atoms in total. The minimum Gasteiger partial charge on any atom is -0.481 e. The molecule has 1 N–H and O–H groups in total. The SMILES string of the molecule is O=C(O)Cc1cc2c(cc1C(=O)c1ccccc1Br)OCO2. The van der Waals surface area contributed by atoms with Crippen molar-refractivity contribution in [2.75, 3.05) is 6.79 Å². The van der Waals surface area contributed by atoms with Crippen LogP contribution in [0.25, 0.3) is 0 Å². The van der Waals surface area contributed by atoms with E-state index in [9.17, 15) is 9.59 Å². The number of aliphatic carboxylic acids is 1. The van der Waals surface area contributed by atoms with E-state index in [0.29, 0.717) is 32.7 Å². The fourth-order valence-corrected chi connectivity index (χ4v) is 2.76. The van der Waals surface area contributed by atoms with Crippen molar-refractivity contribution in [2.24, 2.45) is 0 Å². The van der Waals surface area contributed by atoms with Crippen LogP contribution in [0, 0.1) is 0 Å². The van der Waals surface area contributed by atoms with Gasteiger partial charge in [-0.3, -0.25) is 9.59 Å². The highest BCUT2D eigenvalue weighted by Crippen LogP contribution is 2.36. The van der Waals surface area contributed by atoms with Crippen molar-refractivity contribution in [3.8, 4) is 11.5 Å². The molecule has 112 valence electrons. The first-order chi connectivity index (χ1) is 10.6. The van der Waals surface area contributed by atoms with Gasteiger partial charge in [0.15, 0.2) is 17.3 Å². The van der Waals surface area contributed by atoms with Gasteiger partial charge in [0.2, 0.25) is 6.79 Å². The van der Waals surface area contributed by atoms with Gasteiger partial charge < -0.3 is 14.6 Å². The van der Waals surface area contributed by atoms with Crippen LogP contribution in [0.1, 0.15) is 21.5 Å². The predicted octanol–water partition coefficient (Wildman–Crippen LogP) is 3.04. The normalized spacial score (nSPS) is 12.2. The van der Waals surface area contributed by atoms with Crippen LogP contribution in [-0.4, -0.2) is 23.7 Å². The minimum absolute atomic E-state index is 0.0640. The molecule has 6 heteroatoms. The summed E-state index contributed by atoms with van der Waals surface area (Å²) in [6.07, 6.45) is -0.262. The Labute approximate surface area is 134 Å². The van der Waals surface area contributed by atoms with Gasteiger partial charge in [-0.25, -0.2) is 0 Å². The summed E-state index contributed by atoms with van der Waals surface area (Å²) in [5, 5.41) is 9.05. The number of rotatable bonds is 4. The molecule has 0 saturated heterocycles. The molecule has 22 heavy (non-hydrogen) atoms. The van der Waals surface area contributed by atoms with E-state index in [-0.39, 0.29) is 19.0 Å². The minimum atomic E-state index is -1.01. The Morgan fingerprint density at radius 3 is 2.45 bits per heavy atom. The molecule has 0 saturated carbocycles. The zero-order valence-electron chi connectivity index (χ0n) is 11.3. The van der Waals surface area contributed by atoms with Crippen LogP contribution in [-0.2, 0) is 11.2 Å². The van der Waals surface area contributed by atoms with Gasteiger partial charge in [0, 0.05) is 15.6 Å². The quantitative estimate of drug-likeness (QED) is 0.846. The fraction of sp³-hybridized carbons (Fsp3) is 0.125. The number of carbonyl (C=O) groups excluding carboxylic acids is 1. The van der Waals surface area contributed by atoms with E-state index in [1.54, 1.807) is 36.4 Å². The molecule has 0 spiro atoms. The van der Waals surface area contributed by atoms with Crippen LogP contribution in [0.15, 0.2) is 40.9 Å². The third-order valence-corrected chi connectivity index (χ3v) is 3.99. The molecule has 1 aliphatic heterocycles. The van der Waals surface area contributed by atoms with Gasteiger partial charge in [0.05, 0.1) is 6.42 Å². The van der Waals surface area contributed by atoms with Crippen molar-refractivity contribution in [3.05, 3.63) is 57.6 Å². The zero-order chi connectivity index (χ0) is 15.7. The maximum absolute atomic E-state index is 12.8. The highest BCUT2D eigenvalue weighted by molar-refractivity contribution is 9.10. The van der Waals surface area contributed by atoms with Gasteiger partial charge in [0.1, 0.15) is 0 Å². The van der Waals surface area contributed by atoms with Crippen molar-refractivity contribution in [2.45, 2.75) is 6.42 Å². The van der Waals surface area contributed by atoms with Crippen LogP contribution >= 0.6 is 15.9 Å². The lowest BCUT2D eigenvalue weighted by molar-refractivity contribution is -0.136. The van der Waals surface area contributed by atoms with Gasteiger partial charge >= 0.3 is 5.97 Å².